The summed E-state index contributed by atoms with van der Waals surface area (Å²) in [5.41, 5.74) is 3.35. The fraction of sp³-hybridized carbons (Fsp3) is 0.562. The van der Waals surface area contributed by atoms with Crippen LogP contribution in [0.5, 0.6) is 0 Å². The molecule has 0 saturated carbocycles. The van der Waals surface area contributed by atoms with Gasteiger partial charge in [0.15, 0.2) is 0 Å². The van der Waals surface area contributed by atoms with E-state index in [1.807, 2.05) is 13.0 Å². The number of hydrogen-bond donors (Lipinski definition) is 0. The number of rotatable bonds is 7. The highest BCUT2D eigenvalue weighted by Crippen LogP contribution is 2.08. The molecule has 0 aromatic heterocycles. The molecule has 0 unspecified atom stereocenters. The molecule has 2 nitrogen and oxygen atoms in total. The second-order valence-electron chi connectivity index (χ2n) is 4.56. The Morgan fingerprint density at radius 2 is 1.78 bits per heavy atom. The normalized spacial score (nSPS) is 13.7. The first kappa shape index (κ1) is 16.7. The standard InChI is InChI=1S/C16H26O2/c1-6-13(3)9-8-10-14(4)11-12-18-16(17)15(5)7-2/h7,9,11H,6,8,10,12H2,1-5H3/b13-9+,14-11+,15-7+. The van der Waals surface area contributed by atoms with Gasteiger partial charge in [0.05, 0.1) is 0 Å². The molecule has 0 aromatic rings. The minimum absolute atomic E-state index is 0.233. The molecule has 0 bridgehead atoms. The molecule has 18 heavy (non-hydrogen) atoms. The lowest BCUT2D eigenvalue weighted by Crippen LogP contribution is -2.05. The van der Waals surface area contributed by atoms with Crippen LogP contribution >= 0.6 is 0 Å². The Labute approximate surface area is 111 Å². The summed E-state index contributed by atoms with van der Waals surface area (Å²) in [6, 6.07) is 0. The number of carbonyl (C=O) groups excluding carboxylic acids is 1. The molecule has 0 saturated heterocycles. The average Bonchev–Trinajstić information content (AvgIpc) is 2.37. The summed E-state index contributed by atoms with van der Waals surface area (Å²) in [5.74, 6) is -0.233. The van der Waals surface area contributed by atoms with Gasteiger partial charge in [0, 0.05) is 5.57 Å². The molecular formula is C16H26O2. The van der Waals surface area contributed by atoms with Gasteiger partial charge in [0.2, 0.25) is 0 Å². The fourth-order valence-electron chi connectivity index (χ4n) is 1.28. The van der Waals surface area contributed by atoms with Gasteiger partial charge >= 0.3 is 5.97 Å². The second kappa shape index (κ2) is 9.69. The highest BCUT2D eigenvalue weighted by Gasteiger charge is 2.02. The maximum absolute atomic E-state index is 11.4. The quantitative estimate of drug-likeness (QED) is 0.375. The third-order valence-corrected chi connectivity index (χ3v) is 2.99. The molecule has 0 fully saturated rings. The molecule has 0 aliphatic carbocycles. The van der Waals surface area contributed by atoms with E-state index in [0.29, 0.717) is 12.2 Å². The lowest BCUT2D eigenvalue weighted by molar-refractivity contribution is -0.137. The first-order valence-corrected chi connectivity index (χ1v) is 6.62. The summed E-state index contributed by atoms with van der Waals surface area (Å²) in [7, 11) is 0. The zero-order valence-electron chi connectivity index (χ0n) is 12.4. The summed E-state index contributed by atoms with van der Waals surface area (Å²) in [5, 5.41) is 0. The van der Waals surface area contributed by atoms with E-state index in [2.05, 4.69) is 26.8 Å². The van der Waals surface area contributed by atoms with E-state index in [1.165, 1.54) is 11.1 Å². The Bertz CT molecular complexity index is 346. The summed E-state index contributed by atoms with van der Waals surface area (Å²) >= 11 is 0. The van der Waals surface area contributed by atoms with Crippen LogP contribution in [0.25, 0.3) is 0 Å². The second-order valence-corrected chi connectivity index (χ2v) is 4.56. The van der Waals surface area contributed by atoms with Crippen molar-refractivity contribution in [2.24, 2.45) is 0 Å². The van der Waals surface area contributed by atoms with Crippen LogP contribution in [-0.2, 0) is 9.53 Å². The van der Waals surface area contributed by atoms with Crippen LogP contribution in [0, 0.1) is 0 Å². The van der Waals surface area contributed by atoms with Gasteiger partial charge in [-0.1, -0.05) is 30.2 Å². The van der Waals surface area contributed by atoms with Crippen LogP contribution in [0.1, 0.15) is 53.9 Å². The van der Waals surface area contributed by atoms with Crippen molar-refractivity contribution in [2.75, 3.05) is 6.61 Å². The molecular weight excluding hydrogens is 224 g/mol. The van der Waals surface area contributed by atoms with Gasteiger partial charge in [-0.15, -0.1) is 0 Å². The molecule has 0 radical (unpaired) electrons. The van der Waals surface area contributed by atoms with Crippen molar-refractivity contribution in [1.82, 2.24) is 0 Å². The summed E-state index contributed by atoms with van der Waals surface area (Å²) < 4.78 is 5.11. The van der Waals surface area contributed by atoms with E-state index in [9.17, 15) is 4.79 Å². The smallest absolute Gasteiger partial charge is 0.333 e. The van der Waals surface area contributed by atoms with Crippen molar-refractivity contribution in [3.05, 3.63) is 34.9 Å². The largest absolute Gasteiger partial charge is 0.458 e. The predicted octanol–water partition coefficient (Wildman–Crippen LogP) is 4.58. The van der Waals surface area contributed by atoms with Crippen molar-refractivity contribution in [3.63, 3.8) is 0 Å². The lowest BCUT2D eigenvalue weighted by atomic mass is 10.1. The first-order valence-electron chi connectivity index (χ1n) is 6.62. The Morgan fingerprint density at radius 1 is 1.11 bits per heavy atom. The molecule has 102 valence electrons. The zero-order chi connectivity index (χ0) is 14.0. The highest BCUT2D eigenvalue weighted by molar-refractivity contribution is 5.87. The van der Waals surface area contributed by atoms with Gasteiger partial charge in [-0.25, -0.2) is 4.79 Å². The number of allylic oxidation sites excluding steroid dienone is 4. The minimum atomic E-state index is -0.233. The van der Waals surface area contributed by atoms with Gasteiger partial charge < -0.3 is 4.74 Å². The number of esters is 1. The van der Waals surface area contributed by atoms with Gasteiger partial charge in [-0.2, -0.15) is 0 Å². The summed E-state index contributed by atoms with van der Waals surface area (Å²) in [4.78, 5) is 11.4. The van der Waals surface area contributed by atoms with Gasteiger partial charge in [-0.05, 0) is 53.0 Å². The Balaban J connectivity index is 3.95. The van der Waals surface area contributed by atoms with Gasteiger partial charge in [0.1, 0.15) is 6.61 Å². The summed E-state index contributed by atoms with van der Waals surface area (Å²) in [6.07, 6.45) is 9.21. The lowest BCUT2D eigenvalue weighted by Gasteiger charge is -2.03. The van der Waals surface area contributed by atoms with E-state index in [0.717, 1.165) is 19.3 Å². The molecule has 0 heterocycles. The molecule has 0 amide bonds. The molecule has 0 aromatic carbocycles. The SMILES string of the molecule is C/C=C(\C)C(=O)OC/C=C(\C)CC/C=C(\C)CC. The Morgan fingerprint density at radius 3 is 2.33 bits per heavy atom. The van der Waals surface area contributed by atoms with Crippen LogP contribution in [-0.4, -0.2) is 12.6 Å². The molecule has 0 rings (SSSR count). The third kappa shape index (κ3) is 7.88. The molecule has 2 heteroatoms. The maximum atomic E-state index is 11.4. The molecule has 0 atom stereocenters. The van der Waals surface area contributed by atoms with Gasteiger partial charge in [0.25, 0.3) is 0 Å². The van der Waals surface area contributed by atoms with Crippen LogP contribution in [0.15, 0.2) is 34.9 Å². The first-order chi connectivity index (χ1) is 8.51. The van der Waals surface area contributed by atoms with E-state index in [-0.39, 0.29) is 5.97 Å². The topological polar surface area (TPSA) is 26.3 Å². The van der Waals surface area contributed by atoms with E-state index in [1.54, 1.807) is 13.0 Å². The van der Waals surface area contributed by atoms with Crippen molar-refractivity contribution < 1.29 is 9.53 Å². The Kier molecular flexibility index (Phi) is 8.99. The molecule has 0 spiro atoms. The highest BCUT2D eigenvalue weighted by atomic mass is 16.5. The minimum Gasteiger partial charge on any atom is -0.458 e. The Hall–Kier alpha value is -1.31. The van der Waals surface area contributed by atoms with E-state index >= 15 is 0 Å². The van der Waals surface area contributed by atoms with Crippen LogP contribution < -0.4 is 0 Å². The van der Waals surface area contributed by atoms with Crippen molar-refractivity contribution >= 4 is 5.97 Å². The number of ether oxygens (including phenoxy) is 1. The monoisotopic (exact) mass is 250 g/mol. The predicted molar refractivity (Wildman–Crippen MR) is 77.4 cm³/mol. The molecule has 0 aliphatic rings. The average molecular weight is 250 g/mol. The van der Waals surface area contributed by atoms with Crippen LogP contribution in [0.3, 0.4) is 0 Å². The van der Waals surface area contributed by atoms with Crippen molar-refractivity contribution in [1.29, 1.82) is 0 Å². The van der Waals surface area contributed by atoms with E-state index in [4.69, 9.17) is 4.74 Å². The molecule has 0 N–H and O–H groups in total. The van der Waals surface area contributed by atoms with Gasteiger partial charge in [-0.3, -0.25) is 0 Å². The zero-order valence-corrected chi connectivity index (χ0v) is 12.4. The summed E-state index contributed by atoms with van der Waals surface area (Å²) in [6.45, 7) is 10.4. The van der Waals surface area contributed by atoms with Crippen LogP contribution in [0.4, 0.5) is 0 Å². The fourth-order valence-corrected chi connectivity index (χ4v) is 1.28. The van der Waals surface area contributed by atoms with Crippen molar-refractivity contribution in [3.8, 4) is 0 Å². The van der Waals surface area contributed by atoms with Crippen LogP contribution in [0.2, 0.25) is 0 Å². The maximum Gasteiger partial charge on any atom is 0.333 e. The third-order valence-electron chi connectivity index (χ3n) is 2.99. The molecule has 0 aliphatic heterocycles. The number of hydrogen-bond acceptors (Lipinski definition) is 2. The van der Waals surface area contributed by atoms with Crippen molar-refractivity contribution in [2.45, 2.75) is 53.9 Å². The van der Waals surface area contributed by atoms with E-state index < -0.39 is 0 Å². The number of carbonyl (C=O) groups is 1.